The van der Waals surface area contributed by atoms with E-state index >= 15 is 0 Å². The van der Waals surface area contributed by atoms with E-state index in [1.807, 2.05) is 0 Å². The van der Waals surface area contributed by atoms with Crippen molar-refractivity contribution in [1.82, 2.24) is 5.32 Å². The zero-order valence-electron chi connectivity index (χ0n) is 13.2. The predicted molar refractivity (Wildman–Crippen MR) is 97.3 cm³/mol. The lowest BCUT2D eigenvalue weighted by atomic mass is 9.98. The smallest absolute Gasteiger partial charge is 0.0496 e. The summed E-state index contributed by atoms with van der Waals surface area (Å²) in [6, 6.07) is 26.0. The fraction of sp³-hybridized carbons (Fsp3) is 0.0909. The molecular formula is C22H19N. The van der Waals surface area contributed by atoms with Gasteiger partial charge in [-0.05, 0) is 34.9 Å². The Kier molecular flexibility index (Phi) is 3.47. The van der Waals surface area contributed by atoms with Gasteiger partial charge in [-0.25, -0.2) is 0 Å². The van der Waals surface area contributed by atoms with Crippen LogP contribution in [-0.4, -0.2) is 6.54 Å². The molecule has 1 heterocycles. The van der Waals surface area contributed by atoms with Gasteiger partial charge in [-0.2, -0.15) is 0 Å². The van der Waals surface area contributed by atoms with E-state index in [0.717, 1.165) is 6.54 Å². The molecule has 1 aliphatic rings. The zero-order chi connectivity index (χ0) is 15.6. The highest BCUT2D eigenvalue weighted by atomic mass is 14.9. The van der Waals surface area contributed by atoms with E-state index in [4.69, 9.17) is 0 Å². The molecule has 3 aromatic rings. The fourth-order valence-corrected chi connectivity index (χ4v) is 3.20. The number of nitrogens with one attached hydrogen (secondary N) is 1. The van der Waals surface area contributed by atoms with Crippen LogP contribution in [0.15, 0.2) is 72.8 Å². The number of rotatable bonds is 2. The Balaban J connectivity index is 1.89. The molecule has 0 saturated carbocycles. The molecule has 1 N–H and O–H groups in total. The summed E-state index contributed by atoms with van der Waals surface area (Å²) in [5, 5.41) is 6.13. The summed E-state index contributed by atoms with van der Waals surface area (Å²) in [7, 11) is 0. The van der Waals surface area contributed by atoms with Gasteiger partial charge in [-0.3, -0.25) is 0 Å². The predicted octanol–water partition coefficient (Wildman–Crippen LogP) is 3.20. The van der Waals surface area contributed by atoms with E-state index in [9.17, 15) is 0 Å². The van der Waals surface area contributed by atoms with Crippen LogP contribution in [0.1, 0.15) is 11.1 Å². The Labute approximate surface area is 136 Å². The molecule has 112 valence electrons. The summed E-state index contributed by atoms with van der Waals surface area (Å²) in [5.74, 6) is 0. The number of hydrogen-bond donors (Lipinski definition) is 1. The minimum atomic E-state index is 0.876. The maximum atomic E-state index is 3.54. The van der Waals surface area contributed by atoms with Gasteiger partial charge < -0.3 is 5.32 Å². The molecule has 0 spiro atoms. The molecule has 0 saturated heterocycles. The third-order valence-corrected chi connectivity index (χ3v) is 4.33. The highest BCUT2D eigenvalue weighted by Crippen LogP contribution is 2.23. The largest absolute Gasteiger partial charge is 0.381 e. The average molecular weight is 297 g/mol. The molecule has 0 amide bonds. The van der Waals surface area contributed by atoms with E-state index < -0.39 is 0 Å². The molecule has 23 heavy (non-hydrogen) atoms. The molecule has 0 unspecified atom stereocenters. The van der Waals surface area contributed by atoms with Gasteiger partial charge in [-0.1, -0.05) is 78.4 Å². The van der Waals surface area contributed by atoms with E-state index in [1.54, 1.807) is 0 Å². The van der Waals surface area contributed by atoms with E-state index in [0.29, 0.717) is 0 Å². The summed E-state index contributed by atoms with van der Waals surface area (Å²) in [5.41, 5.74) is 6.27. The van der Waals surface area contributed by atoms with Crippen molar-refractivity contribution in [3.63, 3.8) is 0 Å². The third-order valence-electron chi connectivity index (χ3n) is 4.33. The second kappa shape index (κ2) is 5.77. The van der Waals surface area contributed by atoms with Crippen LogP contribution in [-0.2, 0) is 0 Å². The quantitative estimate of drug-likeness (QED) is 0.766. The molecule has 1 nitrogen and oxygen atoms in total. The molecule has 0 aliphatic carbocycles. The molecule has 0 bridgehead atoms. The topological polar surface area (TPSA) is 12.0 Å². The highest BCUT2D eigenvalue weighted by molar-refractivity contribution is 5.73. The number of fused-ring (bicyclic) bond motifs is 1. The molecule has 4 rings (SSSR count). The van der Waals surface area contributed by atoms with Crippen molar-refractivity contribution in [2.24, 2.45) is 0 Å². The number of benzene rings is 3. The minimum absolute atomic E-state index is 0.876. The first-order chi connectivity index (χ1) is 11.3. The van der Waals surface area contributed by atoms with Crippen LogP contribution >= 0.6 is 0 Å². The van der Waals surface area contributed by atoms with Crippen molar-refractivity contribution in [3.05, 3.63) is 94.4 Å². The van der Waals surface area contributed by atoms with Crippen LogP contribution in [0.25, 0.3) is 22.9 Å². The van der Waals surface area contributed by atoms with Crippen LogP contribution in [0, 0.1) is 6.92 Å². The van der Waals surface area contributed by atoms with Crippen molar-refractivity contribution < 1.29 is 0 Å². The summed E-state index contributed by atoms with van der Waals surface area (Å²) < 4.78 is 0. The Morgan fingerprint density at radius 1 is 0.739 bits per heavy atom. The first kappa shape index (κ1) is 13.8. The Bertz CT molecular complexity index is 983. The fourth-order valence-electron chi connectivity index (χ4n) is 3.20. The van der Waals surface area contributed by atoms with Gasteiger partial charge in [0, 0.05) is 17.5 Å². The molecule has 0 atom stereocenters. The summed E-state index contributed by atoms with van der Waals surface area (Å²) in [4.78, 5) is 0. The van der Waals surface area contributed by atoms with E-state index in [2.05, 4.69) is 91.1 Å². The second-order valence-electron chi connectivity index (χ2n) is 6.00. The monoisotopic (exact) mass is 297 g/mol. The molecule has 3 aromatic carbocycles. The van der Waals surface area contributed by atoms with Gasteiger partial charge in [0.1, 0.15) is 0 Å². The van der Waals surface area contributed by atoms with Crippen molar-refractivity contribution >= 4 is 11.8 Å². The third kappa shape index (κ3) is 2.66. The molecular weight excluding hydrogens is 278 g/mol. The lowest BCUT2D eigenvalue weighted by Crippen LogP contribution is -2.37. The second-order valence-corrected chi connectivity index (χ2v) is 6.00. The Morgan fingerprint density at radius 2 is 1.48 bits per heavy atom. The lowest BCUT2D eigenvalue weighted by molar-refractivity contribution is 1.01. The minimum Gasteiger partial charge on any atom is -0.381 e. The summed E-state index contributed by atoms with van der Waals surface area (Å²) in [6.07, 6.45) is 2.24. The number of aryl methyl sites for hydroxylation is 1. The standard InChI is InChI=1S/C22H19N/c1-16-6-4-8-18(14-16)19-9-5-10-20(15-19)22-21-11-3-2-7-17(21)12-13-23-22/h2-12,14-15,23H,13H2,1H3. The Hall–Kier alpha value is -2.80. The molecule has 1 heteroatoms. The summed E-state index contributed by atoms with van der Waals surface area (Å²) >= 11 is 0. The van der Waals surface area contributed by atoms with Crippen molar-refractivity contribution in [3.8, 4) is 11.1 Å². The van der Waals surface area contributed by atoms with Crippen LogP contribution < -0.4 is 15.8 Å². The van der Waals surface area contributed by atoms with Crippen molar-refractivity contribution in [1.29, 1.82) is 0 Å². The average Bonchev–Trinajstić information content (AvgIpc) is 2.61. The normalized spacial score (nSPS) is 13.0. The zero-order valence-corrected chi connectivity index (χ0v) is 13.2. The van der Waals surface area contributed by atoms with Gasteiger partial charge in [-0.15, -0.1) is 0 Å². The first-order valence-electron chi connectivity index (χ1n) is 8.02. The SMILES string of the molecule is Cc1cccc(-c2cccc(C3=c4ccccc4=CCN3)c2)c1. The molecule has 0 radical (unpaired) electrons. The molecule has 0 aromatic heterocycles. The van der Waals surface area contributed by atoms with Crippen molar-refractivity contribution in [2.45, 2.75) is 6.92 Å². The Morgan fingerprint density at radius 3 is 2.35 bits per heavy atom. The van der Waals surface area contributed by atoms with E-state index in [1.165, 1.54) is 38.4 Å². The first-order valence-corrected chi connectivity index (χ1v) is 8.02. The maximum absolute atomic E-state index is 3.54. The lowest BCUT2D eigenvalue weighted by Gasteiger charge is -2.15. The van der Waals surface area contributed by atoms with Crippen LogP contribution in [0.3, 0.4) is 0 Å². The van der Waals surface area contributed by atoms with Gasteiger partial charge in [0.15, 0.2) is 0 Å². The number of hydrogen-bond acceptors (Lipinski definition) is 1. The van der Waals surface area contributed by atoms with Gasteiger partial charge in [0.05, 0.1) is 0 Å². The van der Waals surface area contributed by atoms with Gasteiger partial charge in [0.25, 0.3) is 0 Å². The van der Waals surface area contributed by atoms with Gasteiger partial charge in [0.2, 0.25) is 0 Å². The van der Waals surface area contributed by atoms with Crippen LogP contribution in [0.4, 0.5) is 0 Å². The van der Waals surface area contributed by atoms with Crippen LogP contribution in [0.5, 0.6) is 0 Å². The van der Waals surface area contributed by atoms with Gasteiger partial charge >= 0.3 is 0 Å². The molecule has 1 aliphatic heterocycles. The highest BCUT2D eigenvalue weighted by Gasteiger charge is 2.07. The van der Waals surface area contributed by atoms with E-state index in [-0.39, 0.29) is 0 Å². The molecule has 0 fully saturated rings. The maximum Gasteiger partial charge on any atom is 0.0496 e. The van der Waals surface area contributed by atoms with Crippen molar-refractivity contribution in [2.75, 3.05) is 6.54 Å². The summed E-state index contributed by atoms with van der Waals surface area (Å²) in [6.45, 7) is 3.01. The van der Waals surface area contributed by atoms with Crippen LogP contribution in [0.2, 0.25) is 0 Å².